The first-order valence-electron chi connectivity index (χ1n) is 5.69. The molecule has 0 spiro atoms. The van der Waals surface area contributed by atoms with Crippen LogP contribution >= 0.6 is 0 Å². The number of carbonyl (C=O) groups excluding carboxylic acids is 1. The molecule has 0 fully saturated rings. The third-order valence-electron chi connectivity index (χ3n) is 2.59. The lowest BCUT2D eigenvalue weighted by atomic mass is 10.0. The molecule has 0 aliphatic carbocycles. The minimum atomic E-state index is -0.103. The van der Waals surface area contributed by atoms with E-state index in [-0.39, 0.29) is 17.9 Å². The summed E-state index contributed by atoms with van der Waals surface area (Å²) in [7, 11) is 0. The molecule has 0 aliphatic heterocycles. The molecule has 1 aromatic carbocycles. The van der Waals surface area contributed by atoms with Gasteiger partial charge in [-0.05, 0) is 25.8 Å². The Hall–Kier alpha value is -1.35. The predicted molar refractivity (Wildman–Crippen MR) is 66.1 cm³/mol. The van der Waals surface area contributed by atoms with Gasteiger partial charge in [0, 0.05) is 12.6 Å². The highest BCUT2D eigenvalue weighted by Gasteiger charge is 2.13. The van der Waals surface area contributed by atoms with Gasteiger partial charge < -0.3 is 11.1 Å². The quantitative estimate of drug-likeness (QED) is 0.792. The fourth-order valence-corrected chi connectivity index (χ4v) is 1.47. The van der Waals surface area contributed by atoms with Crippen molar-refractivity contribution in [2.45, 2.75) is 32.2 Å². The molecule has 1 aromatic rings. The van der Waals surface area contributed by atoms with E-state index in [2.05, 4.69) is 5.32 Å². The average molecular weight is 220 g/mol. The molecule has 0 saturated heterocycles. The van der Waals surface area contributed by atoms with E-state index >= 15 is 0 Å². The molecule has 1 rings (SSSR count). The number of carbonyl (C=O) groups is 1. The summed E-state index contributed by atoms with van der Waals surface area (Å²) in [5.41, 5.74) is 6.66. The summed E-state index contributed by atoms with van der Waals surface area (Å²) in [6, 6.07) is 9.91. The highest BCUT2D eigenvalue weighted by Crippen LogP contribution is 2.14. The summed E-state index contributed by atoms with van der Waals surface area (Å²) in [5.74, 6) is -0.0406. The molecule has 0 radical (unpaired) electrons. The first-order valence-corrected chi connectivity index (χ1v) is 5.69. The Kier molecular flexibility index (Phi) is 4.99. The molecule has 3 N–H and O–H groups in total. The zero-order valence-corrected chi connectivity index (χ0v) is 9.94. The molecule has 1 amide bonds. The van der Waals surface area contributed by atoms with Gasteiger partial charge in [0.2, 0.25) is 5.91 Å². The molecule has 16 heavy (non-hydrogen) atoms. The predicted octanol–water partition coefficient (Wildman–Crippen LogP) is 1.64. The van der Waals surface area contributed by atoms with Crippen LogP contribution in [0.15, 0.2) is 30.3 Å². The van der Waals surface area contributed by atoms with Crippen LogP contribution in [0.25, 0.3) is 0 Å². The molecule has 2 unspecified atom stereocenters. The van der Waals surface area contributed by atoms with Crippen molar-refractivity contribution in [3.8, 4) is 0 Å². The Labute approximate surface area is 97.0 Å². The number of benzene rings is 1. The summed E-state index contributed by atoms with van der Waals surface area (Å²) >= 11 is 0. The van der Waals surface area contributed by atoms with Crippen LogP contribution in [-0.2, 0) is 4.79 Å². The first-order chi connectivity index (χ1) is 7.61. The van der Waals surface area contributed by atoms with Crippen LogP contribution < -0.4 is 11.1 Å². The minimum absolute atomic E-state index is 0.0619. The van der Waals surface area contributed by atoms with Crippen molar-refractivity contribution in [2.75, 3.05) is 6.54 Å². The topological polar surface area (TPSA) is 55.1 Å². The van der Waals surface area contributed by atoms with E-state index in [4.69, 9.17) is 5.73 Å². The number of rotatable bonds is 5. The van der Waals surface area contributed by atoms with Crippen LogP contribution in [0.3, 0.4) is 0 Å². The molecule has 3 heteroatoms. The minimum Gasteiger partial charge on any atom is -0.356 e. The van der Waals surface area contributed by atoms with Gasteiger partial charge in [0.1, 0.15) is 0 Å². The van der Waals surface area contributed by atoms with E-state index in [0.717, 1.165) is 12.0 Å². The van der Waals surface area contributed by atoms with Crippen molar-refractivity contribution in [2.24, 2.45) is 5.73 Å². The second kappa shape index (κ2) is 6.28. The maximum Gasteiger partial charge on any atom is 0.227 e. The van der Waals surface area contributed by atoms with Gasteiger partial charge in [0.05, 0.1) is 5.92 Å². The van der Waals surface area contributed by atoms with E-state index in [1.165, 1.54) is 0 Å². The number of hydrogen-bond acceptors (Lipinski definition) is 2. The zero-order chi connectivity index (χ0) is 12.0. The fraction of sp³-hybridized carbons (Fsp3) is 0.462. The van der Waals surface area contributed by atoms with Gasteiger partial charge in [0.25, 0.3) is 0 Å². The van der Waals surface area contributed by atoms with E-state index in [1.54, 1.807) is 0 Å². The largest absolute Gasteiger partial charge is 0.356 e. The van der Waals surface area contributed by atoms with Crippen LogP contribution in [0.5, 0.6) is 0 Å². The van der Waals surface area contributed by atoms with Gasteiger partial charge in [-0.2, -0.15) is 0 Å². The highest BCUT2D eigenvalue weighted by atomic mass is 16.1. The van der Waals surface area contributed by atoms with Crippen molar-refractivity contribution in [3.63, 3.8) is 0 Å². The van der Waals surface area contributed by atoms with Gasteiger partial charge >= 0.3 is 0 Å². The van der Waals surface area contributed by atoms with E-state index < -0.39 is 0 Å². The van der Waals surface area contributed by atoms with Gasteiger partial charge in [0.15, 0.2) is 0 Å². The van der Waals surface area contributed by atoms with Crippen molar-refractivity contribution in [1.29, 1.82) is 0 Å². The number of amides is 1. The van der Waals surface area contributed by atoms with Crippen LogP contribution in [0.2, 0.25) is 0 Å². The smallest absolute Gasteiger partial charge is 0.227 e. The van der Waals surface area contributed by atoms with Crippen LogP contribution in [0.4, 0.5) is 0 Å². The Morgan fingerprint density at radius 1 is 1.31 bits per heavy atom. The molecule has 88 valence electrons. The number of nitrogens with one attached hydrogen (secondary N) is 1. The SMILES string of the molecule is CC(N)CCNC(=O)C(C)c1ccccc1. The zero-order valence-electron chi connectivity index (χ0n) is 9.94. The highest BCUT2D eigenvalue weighted by molar-refractivity contribution is 5.83. The summed E-state index contributed by atoms with van der Waals surface area (Å²) < 4.78 is 0. The molecule has 0 bridgehead atoms. The summed E-state index contributed by atoms with van der Waals surface area (Å²) in [6.45, 7) is 4.50. The van der Waals surface area contributed by atoms with Crippen molar-refractivity contribution in [3.05, 3.63) is 35.9 Å². The number of hydrogen-bond donors (Lipinski definition) is 2. The molecular formula is C13H20N2O. The third-order valence-corrected chi connectivity index (χ3v) is 2.59. The molecule has 0 saturated carbocycles. The Balaban J connectivity index is 2.43. The monoisotopic (exact) mass is 220 g/mol. The lowest BCUT2D eigenvalue weighted by Gasteiger charge is -2.13. The van der Waals surface area contributed by atoms with Crippen LogP contribution in [0, 0.1) is 0 Å². The van der Waals surface area contributed by atoms with Crippen LogP contribution in [-0.4, -0.2) is 18.5 Å². The second-order valence-electron chi connectivity index (χ2n) is 4.19. The van der Waals surface area contributed by atoms with Crippen molar-refractivity contribution < 1.29 is 4.79 Å². The summed E-state index contributed by atoms with van der Waals surface area (Å²) in [6.07, 6.45) is 0.813. The lowest BCUT2D eigenvalue weighted by molar-refractivity contribution is -0.122. The van der Waals surface area contributed by atoms with E-state index in [9.17, 15) is 4.79 Å². The normalized spacial score (nSPS) is 14.2. The summed E-state index contributed by atoms with van der Waals surface area (Å²) in [4.78, 5) is 11.8. The third kappa shape index (κ3) is 4.03. The Morgan fingerprint density at radius 2 is 1.94 bits per heavy atom. The number of nitrogens with two attached hydrogens (primary N) is 1. The standard InChI is InChI=1S/C13H20N2O/c1-10(14)8-9-15-13(16)11(2)12-6-4-3-5-7-12/h3-7,10-11H,8-9,14H2,1-2H3,(H,15,16). The molecular weight excluding hydrogens is 200 g/mol. The molecule has 0 aliphatic rings. The summed E-state index contributed by atoms with van der Waals surface area (Å²) in [5, 5.41) is 2.89. The Bertz CT molecular complexity index is 322. The molecule has 3 nitrogen and oxygen atoms in total. The first kappa shape index (κ1) is 12.7. The van der Waals surface area contributed by atoms with E-state index in [0.29, 0.717) is 6.54 Å². The second-order valence-corrected chi connectivity index (χ2v) is 4.19. The Morgan fingerprint density at radius 3 is 2.50 bits per heavy atom. The maximum absolute atomic E-state index is 11.8. The molecule has 0 heterocycles. The van der Waals surface area contributed by atoms with Gasteiger partial charge in [-0.25, -0.2) is 0 Å². The van der Waals surface area contributed by atoms with Gasteiger partial charge in [-0.1, -0.05) is 30.3 Å². The van der Waals surface area contributed by atoms with Crippen molar-refractivity contribution >= 4 is 5.91 Å². The maximum atomic E-state index is 11.8. The van der Waals surface area contributed by atoms with Gasteiger partial charge in [-0.3, -0.25) is 4.79 Å². The molecule has 0 aromatic heterocycles. The van der Waals surface area contributed by atoms with Gasteiger partial charge in [-0.15, -0.1) is 0 Å². The molecule has 2 atom stereocenters. The van der Waals surface area contributed by atoms with Crippen LogP contribution in [0.1, 0.15) is 31.7 Å². The fourth-order valence-electron chi connectivity index (χ4n) is 1.47. The van der Waals surface area contributed by atoms with E-state index in [1.807, 2.05) is 44.2 Å². The van der Waals surface area contributed by atoms with Crippen molar-refractivity contribution in [1.82, 2.24) is 5.32 Å². The lowest BCUT2D eigenvalue weighted by Crippen LogP contribution is -2.31. The average Bonchev–Trinajstić information content (AvgIpc) is 2.28.